The largest absolute Gasteiger partial charge is 0.507 e. The highest BCUT2D eigenvalue weighted by molar-refractivity contribution is 6.51. The molecule has 1 heterocycles. The molecule has 0 aliphatic carbocycles. The van der Waals surface area contributed by atoms with Crippen LogP contribution < -0.4 is 9.64 Å². The summed E-state index contributed by atoms with van der Waals surface area (Å²) in [6.07, 6.45) is -4.56. The summed E-state index contributed by atoms with van der Waals surface area (Å²) in [7, 11) is 1.37. The average Bonchev–Trinajstić information content (AvgIpc) is 3.08. The fourth-order valence-corrected chi connectivity index (χ4v) is 4.25. The molecule has 5 nitrogen and oxygen atoms in total. The van der Waals surface area contributed by atoms with E-state index in [4.69, 9.17) is 16.3 Å². The predicted molar refractivity (Wildman–Crippen MR) is 125 cm³/mol. The van der Waals surface area contributed by atoms with Crippen molar-refractivity contribution in [2.75, 3.05) is 12.0 Å². The number of carbonyl (C=O) groups is 2. The number of amides is 1. The first-order valence-electron chi connectivity index (χ1n) is 10.4. The lowest BCUT2D eigenvalue weighted by Gasteiger charge is -2.26. The van der Waals surface area contributed by atoms with Crippen LogP contribution in [0.5, 0.6) is 5.75 Å². The molecule has 1 N–H and O–H groups in total. The fraction of sp³-hybridized carbons (Fsp3) is 0.154. The van der Waals surface area contributed by atoms with Gasteiger partial charge in [0.2, 0.25) is 0 Å². The molecule has 1 saturated heterocycles. The van der Waals surface area contributed by atoms with Gasteiger partial charge in [0.15, 0.2) is 0 Å². The second-order valence-corrected chi connectivity index (χ2v) is 8.41. The highest BCUT2D eigenvalue weighted by Crippen LogP contribution is 2.44. The summed E-state index contributed by atoms with van der Waals surface area (Å²) in [6, 6.07) is 14.2. The molecule has 0 saturated carbocycles. The van der Waals surface area contributed by atoms with Crippen LogP contribution >= 0.6 is 11.6 Å². The van der Waals surface area contributed by atoms with Crippen LogP contribution in [-0.4, -0.2) is 23.9 Å². The summed E-state index contributed by atoms with van der Waals surface area (Å²) in [6.45, 7) is 1.81. The van der Waals surface area contributed by atoms with E-state index >= 15 is 0 Å². The van der Waals surface area contributed by atoms with Gasteiger partial charge < -0.3 is 9.84 Å². The summed E-state index contributed by atoms with van der Waals surface area (Å²) in [5, 5.41) is 11.5. The number of benzene rings is 3. The summed E-state index contributed by atoms with van der Waals surface area (Å²) < 4.78 is 44.5. The van der Waals surface area contributed by atoms with Gasteiger partial charge in [-0.25, -0.2) is 0 Å². The number of aryl methyl sites for hydroxylation is 1. The fourth-order valence-electron chi connectivity index (χ4n) is 4.08. The minimum Gasteiger partial charge on any atom is -0.507 e. The number of carbonyl (C=O) groups excluding carboxylic acids is 2. The number of hydrogen-bond acceptors (Lipinski definition) is 4. The van der Waals surface area contributed by atoms with Gasteiger partial charge in [-0.2, -0.15) is 13.2 Å². The summed E-state index contributed by atoms with van der Waals surface area (Å²) in [4.78, 5) is 27.5. The third-order valence-corrected chi connectivity index (χ3v) is 5.93. The smallest absolute Gasteiger partial charge is 0.416 e. The van der Waals surface area contributed by atoms with Gasteiger partial charge in [-0.05, 0) is 55.0 Å². The van der Waals surface area contributed by atoms with E-state index < -0.39 is 35.2 Å². The molecule has 0 aromatic heterocycles. The van der Waals surface area contributed by atoms with Crippen molar-refractivity contribution in [3.05, 3.63) is 99.6 Å². The van der Waals surface area contributed by atoms with E-state index in [-0.39, 0.29) is 27.6 Å². The molecule has 0 radical (unpaired) electrons. The molecule has 1 aliphatic heterocycles. The van der Waals surface area contributed by atoms with E-state index in [2.05, 4.69) is 0 Å². The van der Waals surface area contributed by atoms with Crippen LogP contribution in [0.15, 0.2) is 72.3 Å². The van der Waals surface area contributed by atoms with Gasteiger partial charge in [0.25, 0.3) is 11.7 Å². The summed E-state index contributed by atoms with van der Waals surface area (Å²) in [5.41, 5.74) is 0.356. The highest BCUT2D eigenvalue weighted by Gasteiger charge is 2.47. The Kier molecular flexibility index (Phi) is 6.34. The SMILES string of the molecule is COc1ccc(Cl)cc1/C(O)=C1\C(=O)C(=O)N(c2ccc(C(F)(F)F)cc2)C1c1cccc(C)c1. The topological polar surface area (TPSA) is 66.8 Å². The molecule has 0 spiro atoms. The zero-order valence-electron chi connectivity index (χ0n) is 18.6. The van der Waals surface area contributed by atoms with E-state index in [0.29, 0.717) is 5.56 Å². The van der Waals surface area contributed by atoms with Gasteiger partial charge in [0.1, 0.15) is 11.5 Å². The average molecular weight is 502 g/mol. The number of methoxy groups -OCH3 is 1. The molecule has 1 atom stereocenters. The second-order valence-electron chi connectivity index (χ2n) is 7.97. The van der Waals surface area contributed by atoms with Crippen LogP contribution in [-0.2, 0) is 15.8 Å². The normalized spacial score (nSPS) is 17.7. The van der Waals surface area contributed by atoms with E-state index in [1.54, 1.807) is 18.2 Å². The van der Waals surface area contributed by atoms with Crippen LogP contribution in [0.3, 0.4) is 0 Å². The number of hydrogen-bond donors (Lipinski definition) is 1. The first-order valence-corrected chi connectivity index (χ1v) is 10.8. The standard InChI is InChI=1S/C26H19ClF3NO4/c1-14-4-3-5-15(12-14)22-21(23(32)19-13-17(27)8-11-20(19)35-2)24(33)25(34)31(22)18-9-6-16(7-10-18)26(28,29)30/h3-13,22,32H,1-2H3/b23-21+. The lowest BCUT2D eigenvalue weighted by Crippen LogP contribution is -2.29. The number of ether oxygens (including phenoxy) is 1. The van der Waals surface area contributed by atoms with E-state index in [1.807, 2.05) is 13.0 Å². The maximum atomic E-state index is 13.2. The van der Waals surface area contributed by atoms with Crippen LogP contribution in [0.25, 0.3) is 5.76 Å². The van der Waals surface area contributed by atoms with Crippen LogP contribution in [0, 0.1) is 6.92 Å². The molecule has 1 fully saturated rings. The van der Waals surface area contributed by atoms with Gasteiger partial charge in [-0.15, -0.1) is 0 Å². The van der Waals surface area contributed by atoms with Gasteiger partial charge in [-0.1, -0.05) is 41.4 Å². The predicted octanol–water partition coefficient (Wildman–Crippen LogP) is 6.30. The Balaban J connectivity index is 1.95. The van der Waals surface area contributed by atoms with Crippen molar-refractivity contribution >= 4 is 34.7 Å². The van der Waals surface area contributed by atoms with Crippen molar-refractivity contribution < 1.29 is 32.6 Å². The molecule has 180 valence electrons. The number of halogens is 4. The zero-order chi connectivity index (χ0) is 25.5. The number of Topliss-reactive ketones (excluding diaryl/α,β-unsaturated/α-hetero) is 1. The third kappa shape index (κ3) is 4.49. The van der Waals surface area contributed by atoms with Crippen molar-refractivity contribution in [1.29, 1.82) is 0 Å². The van der Waals surface area contributed by atoms with E-state index in [0.717, 1.165) is 34.7 Å². The van der Waals surface area contributed by atoms with Crippen molar-refractivity contribution in [3.63, 3.8) is 0 Å². The third-order valence-electron chi connectivity index (χ3n) is 5.69. The Bertz CT molecular complexity index is 1350. The van der Waals surface area contributed by atoms with E-state index in [1.165, 1.54) is 25.3 Å². The summed E-state index contributed by atoms with van der Waals surface area (Å²) >= 11 is 6.10. The molecule has 1 amide bonds. The van der Waals surface area contributed by atoms with Crippen LogP contribution in [0.4, 0.5) is 18.9 Å². The zero-order valence-corrected chi connectivity index (χ0v) is 19.3. The maximum absolute atomic E-state index is 13.2. The minimum atomic E-state index is -4.56. The van der Waals surface area contributed by atoms with Gasteiger partial charge >= 0.3 is 6.18 Å². The number of nitrogens with zero attached hydrogens (tertiary/aromatic N) is 1. The number of aliphatic hydroxyl groups excluding tert-OH is 1. The maximum Gasteiger partial charge on any atom is 0.416 e. The van der Waals surface area contributed by atoms with Crippen molar-refractivity contribution in [1.82, 2.24) is 0 Å². The van der Waals surface area contributed by atoms with Crippen molar-refractivity contribution in [3.8, 4) is 5.75 Å². The molecule has 3 aromatic rings. The molecular formula is C26H19ClF3NO4. The Hall–Kier alpha value is -3.78. The molecule has 1 unspecified atom stereocenters. The quantitative estimate of drug-likeness (QED) is 0.259. The molecule has 4 rings (SSSR count). The number of alkyl halides is 3. The second kappa shape index (κ2) is 9.11. The van der Waals surface area contributed by atoms with E-state index in [9.17, 15) is 27.9 Å². The number of ketones is 1. The van der Waals surface area contributed by atoms with Crippen LogP contribution in [0.2, 0.25) is 5.02 Å². The molecule has 3 aromatic carbocycles. The molecule has 0 bridgehead atoms. The Morgan fingerprint density at radius 1 is 1.03 bits per heavy atom. The molecule has 35 heavy (non-hydrogen) atoms. The Labute approximate surface area is 204 Å². The Morgan fingerprint density at radius 3 is 2.31 bits per heavy atom. The highest BCUT2D eigenvalue weighted by atomic mass is 35.5. The first-order chi connectivity index (χ1) is 16.5. The minimum absolute atomic E-state index is 0.0729. The van der Waals surface area contributed by atoms with Gasteiger partial charge in [0.05, 0.1) is 29.9 Å². The molecular weight excluding hydrogens is 483 g/mol. The monoisotopic (exact) mass is 501 g/mol. The molecule has 1 aliphatic rings. The number of aliphatic hydroxyl groups is 1. The summed E-state index contributed by atoms with van der Waals surface area (Å²) in [5.74, 6) is -2.27. The van der Waals surface area contributed by atoms with Crippen molar-refractivity contribution in [2.45, 2.75) is 19.1 Å². The lowest BCUT2D eigenvalue weighted by atomic mass is 9.94. The number of rotatable bonds is 4. The Morgan fingerprint density at radius 2 is 1.71 bits per heavy atom. The van der Waals surface area contributed by atoms with Crippen LogP contribution in [0.1, 0.15) is 28.3 Å². The first kappa shape index (κ1) is 24.3. The van der Waals surface area contributed by atoms with Gasteiger partial charge in [0, 0.05) is 10.7 Å². The van der Waals surface area contributed by atoms with Crippen molar-refractivity contribution in [2.24, 2.45) is 0 Å². The number of anilines is 1. The van der Waals surface area contributed by atoms with Gasteiger partial charge in [-0.3, -0.25) is 14.5 Å². The molecule has 9 heteroatoms. The lowest BCUT2D eigenvalue weighted by molar-refractivity contribution is -0.137.